The summed E-state index contributed by atoms with van der Waals surface area (Å²) in [5, 5.41) is 2.90. The molecule has 2 aromatic heterocycles. The average molecular weight is 453 g/mol. The van der Waals surface area contributed by atoms with Crippen LogP contribution in [0.1, 0.15) is 35.4 Å². The predicted molar refractivity (Wildman–Crippen MR) is 123 cm³/mol. The third-order valence-electron chi connectivity index (χ3n) is 5.60. The number of nitrogens with zero attached hydrogens (tertiary/aromatic N) is 3. The molecule has 0 radical (unpaired) electrons. The number of benzene rings is 1. The van der Waals surface area contributed by atoms with Gasteiger partial charge in [-0.3, -0.25) is 4.79 Å². The van der Waals surface area contributed by atoms with Gasteiger partial charge in [-0.25, -0.2) is 9.97 Å². The summed E-state index contributed by atoms with van der Waals surface area (Å²) in [5.41, 5.74) is 1.13. The van der Waals surface area contributed by atoms with Crippen LogP contribution in [-0.4, -0.2) is 50.3 Å². The Bertz CT molecular complexity index is 1070. The van der Waals surface area contributed by atoms with Gasteiger partial charge in [0.25, 0.3) is 5.91 Å². The normalized spacial score (nSPS) is 13.5. The molecule has 1 amide bonds. The SMILES string of the molecule is COc1cc(-c2ncc(C(=O)NCc3ccco3)c(N3CCCCC3)n2)cc(OC)c1OC. The Balaban J connectivity index is 1.71. The van der Waals surface area contributed by atoms with Gasteiger partial charge in [0, 0.05) is 24.8 Å². The Kier molecular flexibility index (Phi) is 6.97. The van der Waals surface area contributed by atoms with Crippen LogP contribution in [0.4, 0.5) is 5.82 Å². The smallest absolute Gasteiger partial charge is 0.256 e. The van der Waals surface area contributed by atoms with Crippen molar-refractivity contribution in [3.8, 4) is 28.6 Å². The summed E-state index contributed by atoms with van der Waals surface area (Å²) in [5.74, 6) is 3.03. The molecule has 0 atom stereocenters. The molecule has 1 aliphatic rings. The quantitative estimate of drug-likeness (QED) is 0.553. The van der Waals surface area contributed by atoms with Gasteiger partial charge in [0.1, 0.15) is 17.1 Å². The first kappa shape index (κ1) is 22.4. The number of carbonyl (C=O) groups excluding carboxylic acids is 1. The second kappa shape index (κ2) is 10.2. The fraction of sp³-hybridized carbons (Fsp3) is 0.375. The Labute approximate surface area is 192 Å². The number of anilines is 1. The molecule has 1 fully saturated rings. The van der Waals surface area contributed by atoms with E-state index in [1.54, 1.807) is 52.0 Å². The number of hydrogen-bond acceptors (Lipinski definition) is 8. The van der Waals surface area contributed by atoms with Crippen molar-refractivity contribution in [1.82, 2.24) is 15.3 Å². The Morgan fingerprint density at radius 3 is 2.42 bits per heavy atom. The molecule has 9 heteroatoms. The molecule has 33 heavy (non-hydrogen) atoms. The Hall–Kier alpha value is -3.75. The van der Waals surface area contributed by atoms with Gasteiger partial charge in [-0.15, -0.1) is 0 Å². The number of rotatable bonds is 8. The van der Waals surface area contributed by atoms with Crippen molar-refractivity contribution in [3.63, 3.8) is 0 Å². The van der Waals surface area contributed by atoms with E-state index in [9.17, 15) is 4.79 Å². The second-order valence-electron chi connectivity index (χ2n) is 7.65. The number of furan rings is 1. The Morgan fingerprint density at radius 2 is 1.82 bits per heavy atom. The van der Waals surface area contributed by atoms with Crippen molar-refractivity contribution >= 4 is 11.7 Å². The maximum Gasteiger partial charge on any atom is 0.256 e. The maximum absolute atomic E-state index is 13.0. The molecule has 174 valence electrons. The molecule has 9 nitrogen and oxygen atoms in total. The fourth-order valence-corrected chi connectivity index (χ4v) is 3.90. The molecule has 3 heterocycles. The summed E-state index contributed by atoms with van der Waals surface area (Å²) in [7, 11) is 4.68. The van der Waals surface area contributed by atoms with E-state index in [1.807, 2.05) is 6.07 Å². The van der Waals surface area contributed by atoms with E-state index in [4.69, 9.17) is 23.6 Å². The van der Waals surface area contributed by atoms with Gasteiger partial charge >= 0.3 is 0 Å². The summed E-state index contributed by atoms with van der Waals surface area (Å²) in [6.07, 6.45) is 6.43. The molecule has 3 aromatic rings. The summed E-state index contributed by atoms with van der Waals surface area (Å²) < 4.78 is 21.7. The molecular formula is C24H28N4O5. The molecule has 1 aromatic carbocycles. The summed E-state index contributed by atoms with van der Waals surface area (Å²) in [6.45, 7) is 1.97. The summed E-state index contributed by atoms with van der Waals surface area (Å²) in [6, 6.07) is 7.20. The van der Waals surface area contributed by atoms with E-state index in [0.29, 0.717) is 52.3 Å². The number of ether oxygens (including phenoxy) is 3. The van der Waals surface area contributed by atoms with Crippen LogP contribution in [-0.2, 0) is 6.54 Å². The third-order valence-corrected chi connectivity index (χ3v) is 5.60. The first-order valence-corrected chi connectivity index (χ1v) is 10.9. The zero-order valence-electron chi connectivity index (χ0n) is 19.1. The minimum Gasteiger partial charge on any atom is -0.493 e. The van der Waals surface area contributed by atoms with Crippen LogP contribution in [0, 0.1) is 0 Å². The van der Waals surface area contributed by atoms with Crippen LogP contribution in [0.15, 0.2) is 41.1 Å². The van der Waals surface area contributed by atoms with Crippen molar-refractivity contribution in [1.29, 1.82) is 0 Å². The molecule has 0 unspecified atom stereocenters. The van der Waals surface area contributed by atoms with Gasteiger partial charge in [-0.2, -0.15) is 0 Å². The highest BCUT2D eigenvalue weighted by Gasteiger charge is 2.23. The lowest BCUT2D eigenvalue weighted by Crippen LogP contribution is -2.33. The lowest BCUT2D eigenvalue weighted by atomic mass is 10.1. The van der Waals surface area contributed by atoms with Crippen LogP contribution < -0.4 is 24.4 Å². The fourth-order valence-electron chi connectivity index (χ4n) is 3.90. The molecule has 1 N–H and O–H groups in total. The number of piperidine rings is 1. The number of carbonyl (C=O) groups is 1. The summed E-state index contributed by atoms with van der Waals surface area (Å²) in [4.78, 5) is 24.5. The molecule has 0 spiro atoms. The van der Waals surface area contributed by atoms with E-state index in [-0.39, 0.29) is 5.91 Å². The van der Waals surface area contributed by atoms with Crippen molar-refractivity contribution in [2.24, 2.45) is 0 Å². The lowest BCUT2D eigenvalue weighted by molar-refractivity contribution is 0.0947. The van der Waals surface area contributed by atoms with Crippen molar-refractivity contribution in [2.75, 3.05) is 39.3 Å². The van der Waals surface area contributed by atoms with Crippen LogP contribution in [0.25, 0.3) is 11.4 Å². The highest BCUT2D eigenvalue weighted by molar-refractivity contribution is 5.99. The van der Waals surface area contributed by atoms with E-state index in [2.05, 4.69) is 15.2 Å². The van der Waals surface area contributed by atoms with Crippen molar-refractivity contribution in [3.05, 3.63) is 48.0 Å². The van der Waals surface area contributed by atoms with Crippen LogP contribution >= 0.6 is 0 Å². The van der Waals surface area contributed by atoms with Gasteiger partial charge in [0.15, 0.2) is 17.3 Å². The predicted octanol–water partition coefficient (Wildman–Crippen LogP) is 3.68. The number of methoxy groups -OCH3 is 3. The number of amides is 1. The monoisotopic (exact) mass is 452 g/mol. The molecule has 0 bridgehead atoms. The van der Waals surface area contributed by atoms with Gasteiger partial charge in [-0.1, -0.05) is 0 Å². The number of nitrogens with one attached hydrogen (secondary N) is 1. The van der Waals surface area contributed by atoms with Crippen molar-refractivity contribution < 1.29 is 23.4 Å². The standard InChI is InChI=1S/C24H28N4O5/c1-30-19-12-16(13-20(31-2)21(19)32-3)22-25-15-18(23(27-22)28-9-5-4-6-10-28)24(29)26-14-17-8-7-11-33-17/h7-8,11-13,15H,4-6,9-10,14H2,1-3H3,(H,26,29). The number of hydrogen-bond donors (Lipinski definition) is 1. The van der Waals surface area contributed by atoms with Gasteiger partial charge in [0.2, 0.25) is 5.75 Å². The van der Waals surface area contributed by atoms with Gasteiger partial charge in [-0.05, 0) is 43.5 Å². The largest absolute Gasteiger partial charge is 0.493 e. The zero-order chi connectivity index (χ0) is 23.2. The van der Waals surface area contributed by atoms with E-state index >= 15 is 0 Å². The summed E-state index contributed by atoms with van der Waals surface area (Å²) >= 11 is 0. The molecule has 4 rings (SSSR count). The van der Waals surface area contributed by atoms with Gasteiger partial charge < -0.3 is 28.8 Å². The average Bonchev–Trinajstić information content (AvgIpc) is 3.40. The zero-order valence-corrected chi connectivity index (χ0v) is 19.1. The third kappa shape index (κ3) is 4.87. The lowest BCUT2D eigenvalue weighted by Gasteiger charge is -2.29. The molecular weight excluding hydrogens is 424 g/mol. The molecule has 1 aliphatic heterocycles. The highest BCUT2D eigenvalue weighted by atomic mass is 16.5. The molecule has 1 saturated heterocycles. The van der Waals surface area contributed by atoms with Crippen LogP contribution in [0.5, 0.6) is 17.2 Å². The van der Waals surface area contributed by atoms with E-state index in [1.165, 1.54) is 6.42 Å². The minimum atomic E-state index is -0.247. The van der Waals surface area contributed by atoms with Crippen molar-refractivity contribution in [2.45, 2.75) is 25.8 Å². The van der Waals surface area contributed by atoms with Crippen LogP contribution in [0.2, 0.25) is 0 Å². The Morgan fingerprint density at radius 1 is 1.09 bits per heavy atom. The second-order valence-corrected chi connectivity index (χ2v) is 7.65. The van der Waals surface area contributed by atoms with E-state index in [0.717, 1.165) is 25.9 Å². The van der Waals surface area contributed by atoms with E-state index < -0.39 is 0 Å². The maximum atomic E-state index is 13.0. The number of aromatic nitrogens is 2. The van der Waals surface area contributed by atoms with Crippen LogP contribution in [0.3, 0.4) is 0 Å². The topological polar surface area (TPSA) is 99.0 Å². The first-order chi connectivity index (χ1) is 16.1. The molecule has 0 saturated carbocycles. The first-order valence-electron chi connectivity index (χ1n) is 10.9. The van der Waals surface area contributed by atoms with Gasteiger partial charge in [0.05, 0.1) is 34.1 Å². The highest BCUT2D eigenvalue weighted by Crippen LogP contribution is 2.40. The minimum absolute atomic E-state index is 0.247. The molecule has 0 aliphatic carbocycles.